The standard InChI is InChI=1S/C7H5ClF2N2O/c8-3-1-4(7(9)10)12-5(2-13)6(3)11/h1-2,7H,11H2. The number of anilines is 1. The van der Waals surface area contributed by atoms with Crippen molar-refractivity contribution in [1.82, 2.24) is 4.98 Å². The Balaban J connectivity index is 3.30. The first-order valence-electron chi connectivity index (χ1n) is 3.25. The zero-order valence-corrected chi connectivity index (χ0v) is 7.05. The van der Waals surface area contributed by atoms with Gasteiger partial charge in [0.15, 0.2) is 6.29 Å². The van der Waals surface area contributed by atoms with E-state index in [0.717, 1.165) is 6.07 Å². The summed E-state index contributed by atoms with van der Waals surface area (Å²) >= 11 is 5.48. The second-order valence-electron chi connectivity index (χ2n) is 2.25. The first kappa shape index (κ1) is 9.85. The number of halogens is 3. The van der Waals surface area contributed by atoms with Crippen molar-refractivity contribution in [2.75, 3.05) is 5.73 Å². The second kappa shape index (κ2) is 3.66. The van der Waals surface area contributed by atoms with Gasteiger partial charge in [0.1, 0.15) is 11.4 Å². The lowest BCUT2D eigenvalue weighted by Crippen LogP contribution is -2.01. The SMILES string of the molecule is Nc1c(Cl)cc(C(F)F)nc1C=O. The first-order chi connectivity index (χ1) is 6.06. The van der Waals surface area contributed by atoms with Gasteiger partial charge in [0.05, 0.1) is 10.7 Å². The number of rotatable bonds is 2. The highest BCUT2D eigenvalue weighted by atomic mass is 35.5. The maximum Gasteiger partial charge on any atom is 0.280 e. The number of aldehydes is 1. The van der Waals surface area contributed by atoms with Gasteiger partial charge in [-0.2, -0.15) is 0 Å². The Kier molecular flexibility index (Phi) is 2.77. The van der Waals surface area contributed by atoms with Crippen molar-refractivity contribution in [3.05, 3.63) is 22.5 Å². The molecule has 0 amide bonds. The molecule has 2 N–H and O–H groups in total. The minimum absolute atomic E-state index is 0.0823. The minimum atomic E-state index is -2.77. The third kappa shape index (κ3) is 1.92. The Labute approximate surface area is 77.5 Å². The molecule has 1 aromatic rings. The predicted molar refractivity (Wildman–Crippen MR) is 44.0 cm³/mol. The first-order valence-corrected chi connectivity index (χ1v) is 3.63. The Morgan fingerprint density at radius 2 is 2.23 bits per heavy atom. The fourth-order valence-corrected chi connectivity index (χ4v) is 0.972. The molecule has 1 heterocycles. The van der Waals surface area contributed by atoms with Gasteiger partial charge in [-0.05, 0) is 6.07 Å². The zero-order valence-electron chi connectivity index (χ0n) is 6.30. The number of nitrogens with zero attached hydrogens (tertiary/aromatic N) is 1. The number of hydrogen-bond acceptors (Lipinski definition) is 3. The van der Waals surface area contributed by atoms with Crippen molar-refractivity contribution in [2.45, 2.75) is 6.43 Å². The van der Waals surface area contributed by atoms with Gasteiger partial charge >= 0.3 is 0 Å². The topological polar surface area (TPSA) is 56.0 Å². The molecule has 0 saturated heterocycles. The summed E-state index contributed by atoms with van der Waals surface area (Å²) in [6, 6.07) is 0.939. The van der Waals surface area contributed by atoms with E-state index in [-0.39, 0.29) is 22.7 Å². The average Bonchev–Trinajstić information content (AvgIpc) is 2.09. The molecule has 0 atom stereocenters. The van der Waals surface area contributed by atoms with E-state index in [2.05, 4.69) is 4.98 Å². The van der Waals surface area contributed by atoms with E-state index in [1.165, 1.54) is 0 Å². The van der Waals surface area contributed by atoms with E-state index >= 15 is 0 Å². The Hall–Kier alpha value is -1.23. The van der Waals surface area contributed by atoms with Gasteiger partial charge in [0.25, 0.3) is 6.43 Å². The molecule has 0 aliphatic rings. The van der Waals surface area contributed by atoms with E-state index in [9.17, 15) is 13.6 Å². The van der Waals surface area contributed by atoms with Crippen LogP contribution in [0.2, 0.25) is 5.02 Å². The molecule has 0 radical (unpaired) electrons. The molecule has 1 aromatic heterocycles. The smallest absolute Gasteiger partial charge is 0.280 e. The van der Waals surface area contributed by atoms with Gasteiger partial charge in [-0.3, -0.25) is 4.79 Å². The van der Waals surface area contributed by atoms with Crippen LogP contribution in [0.25, 0.3) is 0 Å². The molecule has 0 aromatic carbocycles. The molecule has 0 aliphatic carbocycles. The normalized spacial score (nSPS) is 10.5. The van der Waals surface area contributed by atoms with Crippen LogP contribution in [0.1, 0.15) is 22.6 Å². The Morgan fingerprint density at radius 3 is 2.69 bits per heavy atom. The second-order valence-corrected chi connectivity index (χ2v) is 2.65. The average molecular weight is 207 g/mol. The van der Waals surface area contributed by atoms with Crippen molar-refractivity contribution < 1.29 is 13.6 Å². The molecule has 0 aliphatic heterocycles. The van der Waals surface area contributed by atoms with E-state index in [0.29, 0.717) is 0 Å². The number of alkyl halides is 2. The summed E-state index contributed by atoms with van der Waals surface area (Å²) in [6.07, 6.45) is -2.48. The summed E-state index contributed by atoms with van der Waals surface area (Å²) in [6.45, 7) is 0. The summed E-state index contributed by atoms with van der Waals surface area (Å²) in [5.41, 5.74) is 4.39. The third-order valence-electron chi connectivity index (χ3n) is 1.39. The van der Waals surface area contributed by atoms with Crippen molar-refractivity contribution in [3.63, 3.8) is 0 Å². The van der Waals surface area contributed by atoms with Crippen LogP contribution in [0.3, 0.4) is 0 Å². The van der Waals surface area contributed by atoms with Crippen molar-refractivity contribution in [1.29, 1.82) is 0 Å². The number of carbonyl (C=O) groups is 1. The van der Waals surface area contributed by atoms with Crippen LogP contribution in [0.4, 0.5) is 14.5 Å². The van der Waals surface area contributed by atoms with Gasteiger partial charge in [0, 0.05) is 0 Å². The van der Waals surface area contributed by atoms with Crippen LogP contribution in [0.15, 0.2) is 6.07 Å². The van der Waals surface area contributed by atoms with Crippen molar-refractivity contribution in [3.8, 4) is 0 Å². The van der Waals surface area contributed by atoms with Crippen LogP contribution >= 0.6 is 11.6 Å². The lowest BCUT2D eigenvalue weighted by atomic mass is 10.2. The van der Waals surface area contributed by atoms with E-state index < -0.39 is 12.1 Å². The van der Waals surface area contributed by atoms with Crippen LogP contribution in [-0.4, -0.2) is 11.3 Å². The lowest BCUT2D eigenvalue weighted by Gasteiger charge is -2.04. The molecule has 0 saturated carbocycles. The molecule has 13 heavy (non-hydrogen) atoms. The van der Waals surface area contributed by atoms with E-state index in [1.54, 1.807) is 0 Å². The number of nitrogens with two attached hydrogens (primary N) is 1. The zero-order chi connectivity index (χ0) is 10.0. The third-order valence-corrected chi connectivity index (χ3v) is 1.71. The van der Waals surface area contributed by atoms with Crippen LogP contribution < -0.4 is 5.73 Å². The van der Waals surface area contributed by atoms with Crippen LogP contribution in [-0.2, 0) is 0 Å². The molecule has 6 heteroatoms. The monoisotopic (exact) mass is 206 g/mol. The molecule has 3 nitrogen and oxygen atoms in total. The molecule has 0 spiro atoms. The van der Waals surface area contributed by atoms with Crippen molar-refractivity contribution in [2.24, 2.45) is 0 Å². The fraction of sp³-hybridized carbons (Fsp3) is 0.143. The molecule has 0 unspecified atom stereocenters. The minimum Gasteiger partial charge on any atom is -0.396 e. The summed E-state index contributed by atoms with van der Waals surface area (Å²) < 4.78 is 24.2. The lowest BCUT2D eigenvalue weighted by molar-refractivity contribution is 0.111. The number of hydrogen-bond donors (Lipinski definition) is 1. The van der Waals surface area contributed by atoms with Gasteiger partial charge < -0.3 is 5.73 Å². The van der Waals surface area contributed by atoms with Gasteiger partial charge in [-0.25, -0.2) is 13.8 Å². The fourth-order valence-electron chi connectivity index (χ4n) is 0.763. The summed E-state index contributed by atoms with van der Waals surface area (Å²) in [5, 5.41) is -0.0904. The van der Waals surface area contributed by atoms with Crippen LogP contribution in [0, 0.1) is 0 Å². The van der Waals surface area contributed by atoms with E-state index in [1.807, 2.05) is 0 Å². The number of nitrogen functional groups attached to an aromatic ring is 1. The van der Waals surface area contributed by atoms with Gasteiger partial charge in [-0.15, -0.1) is 0 Å². The molecule has 70 valence electrons. The number of aromatic nitrogens is 1. The molecule has 1 rings (SSSR count). The molecular formula is C7H5ClF2N2O. The highest BCUT2D eigenvalue weighted by Crippen LogP contribution is 2.26. The number of carbonyl (C=O) groups excluding carboxylic acids is 1. The maximum atomic E-state index is 12.1. The molecular weight excluding hydrogens is 202 g/mol. The summed E-state index contributed by atoms with van der Waals surface area (Å²) in [5.74, 6) is 0. The quantitative estimate of drug-likeness (QED) is 0.754. The summed E-state index contributed by atoms with van der Waals surface area (Å²) in [4.78, 5) is 13.6. The maximum absolute atomic E-state index is 12.1. The predicted octanol–water partition coefficient (Wildman–Crippen LogP) is 2.07. The van der Waals surface area contributed by atoms with Gasteiger partial charge in [-0.1, -0.05) is 11.6 Å². The van der Waals surface area contributed by atoms with Crippen molar-refractivity contribution >= 4 is 23.6 Å². The largest absolute Gasteiger partial charge is 0.396 e. The molecule has 0 fully saturated rings. The van der Waals surface area contributed by atoms with Crippen LogP contribution in [0.5, 0.6) is 0 Å². The van der Waals surface area contributed by atoms with Gasteiger partial charge in [0.2, 0.25) is 0 Å². The highest BCUT2D eigenvalue weighted by Gasteiger charge is 2.14. The Morgan fingerprint density at radius 1 is 1.62 bits per heavy atom. The highest BCUT2D eigenvalue weighted by molar-refractivity contribution is 6.33. The van der Waals surface area contributed by atoms with E-state index in [4.69, 9.17) is 17.3 Å². The number of pyridine rings is 1. The Bertz CT molecular complexity index is 344. The molecule has 0 bridgehead atoms. The summed E-state index contributed by atoms with van der Waals surface area (Å²) in [7, 11) is 0.